The van der Waals surface area contributed by atoms with Gasteiger partial charge in [0.2, 0.25) is 0 Å². The Hall–Kier alpha value is -1.79. The van der Waals surface area contributed by atoms with Gasteiger partial charge in [-0.1, -0.05) is 12.8 Å². The maximum absolute atomic E-state index is 12.1. The molecule has 7 nitrogen and oxygen atoms in total. The van der Waals surface area contributed by atoms with Crippen LogP contribution in [0.5, 0.6) is 0 Å². The van der Waals surface area contributed by atoms with E-state index < -0.39 is 29.6 Å². The highest BCUT2D eigenvalue weighted by atomic mass is 16.6. The molecule has 1 aliphatic carbocycles. The molecule has 1 N–H and O–H groups in total. The Morgan fingerprint density at radius 2 is 1.41 bits per heavy atom. The fourth-order valence-electron chi connectivity index (χ4n) is 3.32. The molecule has 1 fully saturated rings. The molecule has 0 saturated heterocycles. The quantitative estimate of drug-likeness (QED) is 0.391. The molecule has 0 spiro atoms. The van der Waals surface area contributed by atoms with E-state index in [0.717, 1.165) is 25.7 Å². The number of ether oxygens (including phenoxy) is 3. The van der Waals surface area contributed by atoms with Crippen LogP contribution in [0.25, 0.3) is 0 Å². The van der Waals surface area contributed by atoms with Crippen LogP contribution in [0, 0.1) is 17.8 Å². The van der Waals surface area contributed by atoms with Gasteiger partial charge in [-0.25, -0.2) is 4.79 Å². The van der Waals surface area contributed by atoms with Crippen molar-refractivity contribution in [2.24, 2.45) is 17.8 Å². The third-order valence-electron chi connectivity index (χ3n) is 4.61. The molecule has 0 aromatic heterocycles. The predicted octanol–water partition coefficient (Wildman–Crippen LogP) is 3.45. The van der Waals surface area contributed by atoms with Gasteiger partial charge in [-0.3, -0.25) is 9.59 Å². The van der Waals surface area contributed by atoms with Crippen LogP contribution in [0.4, 0.5) is 4.79 Å². The molecule has 7 heteroatoms. The first-order valence-electron chi connectivity index (χ1n) is 9.96. The molecule has 1 amide bonds. The third-order valence-corrected chi connectivity index (χ3v) is 4.61. The molecular formula is C20H35NO6. The van der Waals surface area contributed by atoms with E-state index in [9.17, 15) is 14.4 Å². The van der Waals surface area contributed by atoms with Crippen LogP contribution in [0.1, 0.15) is 66.7 Å². The number of alkyl carbamates (subject to hydrolysis) is 1. The van der Waals surface area contributed by atoms with Crippen molar-refractivity contribution < 1.29 is 28.6 Å². The minimum atomic E-state index is -0.841. The van der Waals surface area contributed by atoms with Gasteiger partial charge in [0.15, 0.2) is 5.92 Å². The predicted molar refractivity (Wildman–Crippen MR) is 101 cm³/mol. The largest absolute Gasteiger partial charge is 0.465 e. The van der Waals surface area contributed by atoms with E-state index in [4.69, 9.17) is 14.2 Å². The van der Waals surface area contributed by atoms with Crippen molar-refractivity contribution in [3.63, 3.8) is 0 Å². The summed E-state index contributed by atoms with van der Waals surface area (Å²) in [5.41, 5.74) is -0.503. The van der Waals surface area contributed by atoms with Crippen molar-refractivity contribution in [3.8, 4) is 0 Å². The van der Waals surface area contributed by atoms with Crippen LogP contribution in [0.3, 0.4) is 0 Å². The summed E-state index contributed by atoms with van der Waals surface area (Å²) in [6.45, 7) is 10.0. The lowest BCUT2D eigenvalue weighted by atomic mass is 9.78. The van der Waals surface area contributed by atoms with Crippen LogP contribution in [0.15, 0.2) is 0 Å². The zero-order chi connectivity index (χ0) is 20.4. The van der Waals surface area contributed by atoms with Gasteiger partial charge < -0.3 is 19.5 Å². The number of hydrogen-bond donors (Lipinski definition) is 1. The van der Waals surface area contributed by atoms with Gasteiger partial charge >= 0.3 is 18.0 Å². The molecule has 1 saturated carbocycles. The van der Waals surface area contributed by atoms with E-state index in [1.807, 2.05) is 20.8 Å². The summed E-state index contributed by atoms with van der Waals surface area (Å²) in [4.78, 5) is 36.0. The maximum atomic E-state index is 12.1. The Bertz CT molecular complexity index is 473. The summed E-state index contributed by atoms with van der Waals surface area (Å²) in [5, 5.41) is 2.83. The van der Waals surface area contributed by atoms with E-state index in [2.05, 4.69) is 5.32 Å². The zero-order valence-corrected chi connectivity index (χ0v) is 17.3. The second-order valence-corrected chi connectivity index (χ2v) is 8.06. The normalized spacial score (nSPS) is 20.1. The second-order valence-electron chi connectivity index (χ2n) is 8.06. The molecule has 0 unspecified atom stereocenters. The van der Waals surface area contributed by atoms with Crippen molar-refractivity contribution in [1.82, 2.24) is 5.32 Å². The van der Waals surface area contributed by atoms with Gasteiger partial charge in [0, 0.05) is 6.54 Å². The number of nitrogens with one attached hydrogen (secondary N) is 1. The zero-order valence-electron chi connectivity index (χ0n) is 17.3. The first-order chi connectivity index (χ1) is 12.7. The smallest absolute Gasteiger partial charge is 0.407 e. The van der Waals surface area contributed by atoms with Gasteiger partial charge in [-0.05, 0) is 65.7 Å². The van der Waals surface area contributed by atoms with Crippen LogP contribution in [-0.4, -0.2) is 43.4 Å². The minimum absolute atomic E-state index is 0.248. The molecule has 0 aromatic rings. The standard InChI is InChI=1S/C20H35NO6/c1-6-25-17(22)16(18(23)26-7-2)12-14-8-10-15(11-9-14)13-21-19(24)27-20(3,4)5/h14-16H,6-13H2,1-5H3,(H,21,24)/t14-,15-. The van der Waals surface area contributed by atoms with Crippen LogP contribution in [0.2, 0.25) is 0 Å². The number of hydrogen-bond acceptors (Lipinski definition) is 6. The Kier molecular flexibility index (Phi) is 9.60. The van der Waals surface area contributed by atoms with Gasteiger partial charge in [0.1, 0.15) is 5.60 Å². The Morgan fingerprint density at radius 1 is 0.926 bits per heavy atom. The summed E-state index contributed by atoms with van der Waals surface area (Å²) in [6, 6.07) is 0. The molecule has 0 aromatic carbocycles. The highest BCUT2D eigenvalue weighted by molar-refractivity contribution is 5.94. The van der Waals surface area contributed by atoms with Crippen LogP contribution >= 0.6 is 0 Å². The van der Waals surface area contributed by atoms with E-state index in [1.54, 1.807) is 13.8 Å². The number of esters is 2. The molecule has 0 bridgehead atoms. The van der Waals surface area contributed by atoms with Gasteiger partial charge in [0.05, 0.1) is 13.2 Å². The molecular weight excluding hydrogens is 350 g/mol. The summed E-state index contributed by atoms with van der Waals surface area (Å²) < 4.78 is 15.3. The molecule has 1 rings (SSSR count). The molecule has 0 heterocycles. The lowest BCUT2D eigenvalue weighted by molar-refractivity contribution is -0.162. The highest BCUT2D eigenvalue weighted by Crippen LogP contribution is 2.33. The van der Waals surface area contributed by atoms with E-state index in [0.29, 0.717) is 18.9 Å². The average Bonchev–Trinajstić information content (AvgIpc) is 2.57. The number of carbonyl (C=O) groups excluding carboxylic acids is 3. The van der Waals surface area contributed by atoms with E-state index in [1.165, 1.54) is 0 Å². The number of rotatable bonds is 8. The average molecular weight is 386 g/mol. The first kappa shape index (κ1) is 23.2. The van der Waals surface area contributed by atoms with Crippen molar-refractivity contribution in [2.45, 2.75) is 72.3 Å². The second kappa shape index (κ2) is 11.1. The van der Waals surface area contributed by atoms with Crippen LogP contribution in [-0.2, 0) is 23.8 Å². The molecule has 0 atom stereocenters. The van der Waals surface area contributed by atoms with Crippen molar-refractivity contribution in [2.75, 3.05) is 19.8 Å². The topological polar surface area (TPSA) is 90.9 Å². The van der Waals surface area contributed by atoms with E-state index in [-0.39, 0.29) is 19.1 Å². The molecule has 0 radical (unpaired) electrons. The summed E-state index contributed by atoms with van der Waals surface area (Å²) in [5.74, 6) is -1.17. The summed E-state index contributed by atoms with van der Waals surface area (Å²) >= 11 is 0. The first-order valence-corrected chi connectivity index (χ1v) is 9.96. The monoisotopic (exact) mass is 385 g/mol. The van der Waals surface area contributed by atoms with Crippen molar-refractivity contribution in [1.29, 1.82) is 0 Å². The summed E-state index contributed by atoms with van der Waals surface area (Å²) in [6.07, 6.45) is 3.78. The molecule has 0 aliphatic heterocycles. The molecule has 156 valence electrons. The fraction of sp³-hybridized carbons (Fsp3) is 0.850. The van der Waals surface area contributed by atoms with Crippen molar-refractivity contribution in [3.05, 3.63) is 0 Å². The SMILES string of the molecule is CCOC(=O)C(C[C@H]1CC[C@H](CNC(=O)OC(C)(C)C)CC1)C(=O)OCC. The lowest BCUT2D eigenvalue weighted by Crippen LogP contribution is -2.36. The Balaban J connectivity index is 2.44. The number of amides is 1. The van der Waals surface area contributed by atoms with Gasteiger partial charge in [-0.2, -0.15) is 0 Å². The third kappa shape index (κ3) is 9.11. The van der Waals surface area contributed by atoms with E-state index >= 15 is 0 Å². The van der Waals surface area contributed by atoms with Gasteiger partial charge in [-0.15, -0.1) is 0 Å². The Morgan fingerprint density at radius 3 is 1.85 bits per heavy atom. The van der Waals surface area contributed by atoms with Gasteiger partial charge in [0.25, 0.3) is 0 Å². The Labute approximate surface area is 162 Å². The van der Waals surface area contributed by atoms with Crippen LogP contribution < -0.4 is 5.32 Å². The van der Waals surface area contributed by atoms with Crippen molar-refractivity contribution >= 4 is 18.0 Å². The molecule has 1 aliphatic rings. The lowest BCUT2D eigenvalue weighted by Gasteiger charge is -2.30. The minimum Gasteiger partial charge on any atom is -0.465 e. The fourth-order valence-corrected chi connectivity index (χ4v) is 3.32. The number of carbonyl (C=O) groups is 3. The maximum Gasteiger partial charge on any atom is 0.407 e. The molecule has 27 heavy (non-hydrogen) atoms. The highest BCUT2D eigenvalue weighted by Gasteiger charge is 2.34. The summed E-state index contributed by atoms with van der Waals surface area (Å²) in [7, 11) is 0.